The molecule has 0 unspecified atom stereocenters. The molecular formula is C28H36F2N8O3S. The number of piperidine rings is 2. The van der Waals surface area contributed by atoms with Crippen molar-refractivity contribution in [2.45, 2.75) is 63.0 Å². The minimum absolute atomic E-state index is 0.176. The van der Waals surface area contributed by atoms with Gasteiger partial charge in [0.15, 0.2) is 0 Å². The van der Waals surface area contributed by atoms with Crippen LogP contribution in [0.2, 0.25) is 0 Å². The summed E-state index contributed by atoms with van der Waals surface area (Å²) in [6.45, 7) is 4.47. The van der Waals surface area contributed by atoms with Gasteiger partial charge in [0.25, 0.3) is 5.92 Å². The normalized spacial score (nSPS) is 20.1. The van der Waals surface area contributed by atoms with Crippen LogP contribution in [-0.2, 0) is 10.0 Å². The van der Waals surface area contributed by atoms with Gasteiger partial charge in [-0.3, -0.25) is 4.72 Å². The van der Waals surface area contributed by atoms with Crippen molar-refractivity contribution in [3.8, 4) is 17.1 Å². The number of halogens is 2. The molecule has 0 amide bonds. The van der Waals surface area contributed by atoms with Crippen LogP contribution in [0.5, 0.6) is 0 Å². The number of aromatic nitrogens is 5. The largest absolute Gasteiger partial charge is 0.395 e. The molecular weight excluding hydrogens is 566 g/mol. The molecule has 1 aromatic carbocycles. The molecule has 3 aromatic rings. The van der Waals surface area contributed by atoms with Crippen LogP contribution in [0.1, 0.15) is 52.4 Å². The van der Waals surface area contributed by atoms with Crippen LogP contribution < -0.4 is 14.5 Å². The van der Waals surface area contributed by atoms with E-state index in [0.717, 1.165) is 37.3 Å². The van der Waals surface area contributed by atoms with E-state index >= 15 is 0 Å². The molecule has 1 aliphatic carbocycles. The van der Waals surface area contributed by atoms with E-state index in [2.05, 4.69) is 29.9 Å². The number of nitrogens with zero attached hydrogens (tertiary/aromatic N) is 7. The second kappa shape index (κ2) is 10.4. The molecule has 226 valence electrons. The molecule has 6 rings (SSSR count). The third kappa shape index (κ3) is 5.65. The molecule has 3 fully saturated rings. The van der Waals surface area contributed by atoms with Crippen molar-refractivity contribution in [3.63, 3.8) is 0 Å². The number of anilines is 3. The van der Waals surface area contributed by atoms with Crippen LogP contribution in [0.4, 0.5) is 26.1 Å². The number of aliphatic hydroxyl groups excluding tert-OH is 1. The molecule has 2 aliphatic heterocycles. The van der Waals surface area contributed by atoms with E-state index in [4.69, 9.17) is 0 Å². The van der Waals surface area contributed by atoms with Crippen LogP contribution in [0, 0.1) is 5.41 Å². The lowest BCUT2D eigenvalue weighted by atomic mass is 9.93. The fraction of sp³-hybridized carbons (Fsp3) is 0.571. The smallest absolute Gasteiger partial charge is 0.251 e. The third-order valence-electron chi connectivity index (χ3n) is 8.88. The van der Waals surface area contributed by atoms with Crippen LogP contribution in [0.15, 0.2) is 36.7 Å². The second-order valence-corrected chi connectivity index (χ2v) is 14.7. The van der Waals surface area contributed by atoms with Crippen molar-refractivity contribution < 1.29 is 22.3 Å². The topological polar surface area (TPSA) is 129 Å². The summed E-state index contributed by atoms with van der Waals surface area (Å²) in [6.07, 6.45) is 7.55. The summed E-state index contributed by atoms with van der Waals surface area (Å²) >= 11 is 0. The number of hydrogen-bond donors (Lipinski definition) is 2. The average molecular weight is 603 g/mol. The summed E-state index contributed by atoms with van der Waals surface area (Å²) in [5, 5.41) is 18.3. The van der Waals surface area contributed by atoms with E-state index in [-0.39, 0.29) is 25.9 Å². The summed E-state index contributed by atoms with van der Waals surface area (Å²) in [5.74, 6) is -2.28. The minimum Gasteiger partial charge on any atom is -0.395 e. The highest BCUT2D eigenvalue weighted by Crippen LogP contribution is 2.54. The molecule has 0 radical (unpaired) electrons. The van der Waals surface area contributed by atoms with Crippen LogP contribution in [0.3, 0.4) is 0 Å². The Balaban J connectivity index is 1.29. The Labute approximate surface area is 244 Å². The molecule has 4 heterocycles. The maximum atomic E-state index is 13.6. The predicted molar refractivity (Wildman–Crippen MR) is 156 cm³/mol. The summed E-state index contributed by atoms with van der Waals surface area (Å²) < 4.78 is 56.1. The highest BCUT2D eigenvalue weighted by molar-refractivity contribution is 7.94. The number of rotatable bonds is 8. The Hall–Kier alpha value is -3.39. The molecule has 0 bridgehead atoms. The van der Waals surface area contributed by atoms with Crippen molar-refractivity contribution in [2.24, 2.45) is 5.41 Å². The first kappa shape index (κ1) is 28.7. The van der Waals surface area contributed by atoms with Crippen LogP contribution >= 0.6 is 0 Å². The quantitative estimate of drug-likeness (QED) is 0.395. The van der Waals surface area contributed by atoms with E-state index in [1.165, 1.54) is 26.7 Å². The molecule has 14 heteroatoms. The van der Waals surface area contributed by atoms with Crippen molar-refractivity contribution >= 4 is 27.3 Å². The van der Waals surface area contributed by atoms with E-state index in [0.29, 0.717) is 28.4 Å². The lowest BCUT2D eigenvalue weighted by Crippen LogP contribution is -2.40. The van der Waals surface area contributed by atoms with E-state index in [1.54, 1.807) is 40.2 Å². The summed E-state index contributed by atoms with van der Waals surface area (Å²) in [4.78, 5) is 12.9. The van der Waals surface area contributed by atoms with Crippen molar-refractivity contribution in [1.29, 1.82) is 0 Å². The van der Waals surface area contributed by atoms with Crippen LogP contribution in [-0.4, -0.2) is 81.9 Å². The number of alkyl halides is 2. The number of sulfonamides is 1. The van der Waals surface area contributed by atoms with E-state index in [9.17, 15) is 22.3 Å². The average Bonchev–Trinajstić information content (AvgIpc) is 3.53. The highest BCUT2D eigenvalue weighted by Gasteiger charge is 2.44. The first-order valence-electron chi connectivity index (χ1n) is 14.3. The zero-order valence-corrected chi connectivity index (χ0v) is 24.6. The van der Waals surface area contributed by atoms with Gasteiger partial charge in [0, 0.05) is 45.2 Å². The maximum Gasteiger partial charge on any atom is 0.251 e. The van der Waals surface area contributed by atoms with Crippen LogP contribution in [0.25, 0.3) is 17.1 Å². The lowest BCUT2D eigenvalue weighted by Gasteiger charge is -2.35. The van der Waals surface area contributed by atoms with Crippen molar-refractivity contribution in [3.05, 3.63) is 36.7 Å². The SMILES string of the molecule is CC(C)(CO)S(=O)(=O)Nc1ccc(-n2cc(-c3ccnc(N4CCC(F)(F)CC4)n3)nn2)c(N2CCC3(CC2)CC3)c1. The number of aliphatic hydroxyl groups is 1. The number of nitrogens with one attached hydrogen (secondary N) is 1. The second-order valence-electron chi connectivity index (χ2n) is 12.3. The fourth-order valence-electron chi connectivity index (χ4n) is 5.49. The molecule has 42 heavy (non-hydrogen) atoms. The standard InChI is InChI=1S/C28H36F2N8O3S/c1-26(2,19-39)42(40,41)34-20-3-4-23(24(17-20)36-13-8-27(6-7-27)9-14-36)38-18-22(33-35-38)21-5-12-31-25(32-21)37-15-10-28(29,30)11-16-37/h3-5,12,17-18,34,39H,6-11,13-16,19H2,1-2H3. The monoisotopic (exact) mass is 602 g/mol. The highest BCUT2D eigenvalue weighted by atomic mass is 32.2. The van der Waals surface area contributed by atoms with E-state index in [1.807, 2.05) is 6.07 Å². The molecule has 2 N–H and O–H groups in total. The Morgan fingerprint density at radius 3 is 2.31 bits per heavy atom. The number of benzene rings is 1. The molecule has 2 saturated heterocycles. The van der Waals surface area contributed by atoms with Gasteiger partial charge in [0.1, 0.15) is 10.4 Å². The zero-order valence-electron chi connectivity index (χ0n) is 23.8. The minimum atomic E-state index is -3.86. The molecule has 11 nitrogen and oxygen atoms in total. The van der Waals surface area contributed by atoms with Gasteiger partial charge in [-0.25, -0.2) is 31.8 Å². The van der Waals surface area contributed by atoms with Gasteiger partial charge in [-0.15, -0.1) is 5.10 Å². The van der Waals surface area contributed by atoms with Gasteiger partial charge in [-0.05, 0) is 69.2 Å². The first-order valence-corrected chi connectivity index (χ1v) is 15.8. The summed E-state index contributed by atoms with van der Waals surface area (Å²) in [5.41, 5.74) is 3.43. The van der Waals surface area contributed by atoms with Gasteiger partial charge in [0.05, 0.1) is 35.6 Å². The van der Waals surface area contributed by atoms with Gasteiger partial charge in [0.2, 0.25) is 16.0 Å². The first-order chi connectivity index (χ1) is 19.9. The maximum absolute atomic E-state index is 13.6. The zero-order chi connectivity index (χ0) is 29.8. The third-order valence-corrected chi connectivity index (χ3v) is 11.0. The van der Waals surface area contributed by atoms with Gasteiger partial charge < -0.3 is 14.9 Å². The van der Waals surface area contributed by atoms with Crippen molar-refractivity contribution in [2.75, 3.05) is 47.3 Å². The Bertz CT molecular complexity index is 1550. The molecule has 2 aromatic heterocycles. The Kier molecular flexibility index (Phi) is 7.11. The Morgan fingerprint density at radius 1 is 0.952 bits per heavy atom. The van der Waals surface area contributed by atoms with Gasteiger partial charge in [-0.1, -0.05) is 5.21 Å². The van der Waals surface area contributed by atoms with Gasteiger partial charge >= 0.3 is 0 Å². The molecule has 0 atom stereocenters. The molecule has 1 saturated carbocycles. The molecule has 1 spiro atoms. The Morgan fingerprint density at radius 2 is 1.64 bits per heavy atom. The molecule has 3 aliphatic rings. The number of hydrogen-bond acceptors (Lipinski definition) is 9. The summed E-state index contributed by atoms with van der Waals surface area (Å²) in [6, 6.07) is 6.99. The van der Waals surface area contributed by atoms with E-state index < -0.39 is 27.3 Å². The van der Waals surface area contributed by atoms with Crippen molar-refractivity contribution in [1.82, 2.24) is 25.0 Å². The van der Waals surface area contributed by atoms with Gasteiger partial charge in [-0.2, -0.15) is 0 Å². The lowest BCUT2D eigenvalue weighted by molar-refractivity contribution is -0.0222. The fourth-order valence-corrected chi connectivity index (χ4v) is 6.37. The summed E-state index contributed by atoms with van der Waals surface area (Å²) in [7, 11) is -3.86. The predicted octanol–water partition coefficient (Wildman–Crippen LogP) is 3.85.